The summed E-state index contributed by atoms with van der Waals surface area (Å²) in [5.74, 6) is 0.823. The zero-order chi connectivity index (χ0) is 19.3. The summed E-state index contributed by atoms with van der Waals surface area (Å²) in [6.07, 6.45) is 0. The normalized spacial score (nSPS) is 10.3. The number of thiocarbonyl (C=S) groups is 1. The Bertz CT molecular complexity index is 854. The number of carbonyl (C=O) groups is 1. The van der Waals surface area contributed by atoms with Crippen molar-refractivity contribution in [2.75, 3.05) is 18.3 Å². The Kier molecular flexibility index (Phi) is 6.46. The van der Waals surface area contributed by atoms with Crippen LogP contribution in [0.2, 0.25) is 0 Å². The highest BCUT2D eigenvalue weighted by molar-refractivity contribution is 7.99. The van der Waals surface area contributed by atoms with Gasteiger partial charge in [-0.25, -0.2) is 4.68 Å². The molecule has 0 saturated carbocycles. The van der Waals surface area contributed by atoms with E-state index in [1.807, 2.05) is 6.92 Å². The molecule has 0 atom stereocenters. The maximum absolute atomic E-state index is 12.3. The van der Waals surface area contributed by atoms with Gasteiger partial charge in [0.25, 0.3) is 5.91 Å². The van der Waals surface area contributed by atoms with Gasteiger partial charge in [0.2, 0.25) is 5.16 Å². The molecule has 2 rings (SSSR count). The summed E-state index contributed by atoms with van der Waals surface area (Å²) in [5.41, 5.74) is 2.58. The first-order chi connectivity index (χ1) is 12.4. The molecule has 10 nitrogen and oxygen atoms in total. The van der Waals surface area contributed by atoms with E-state index in [0.29, 0.717) is 11.0 Å². The number of ether oxygens (including phenoxy) is 1. The van der Waals surface area contributed by atoms with Crippen LogP contribution in [0, 0.1) is 17.0 Å². The molecule has 1 aromatic carbocycles. The van der Waals surface area contributed by atoms with Crippen molar-refractivity contribution in [3.63, 3.8) is 0 Å². The van der Waals surface area contributed by atoms with Crippen LogP contribution in [0.4, 0.5) is 5.69 Å². The average molecular weight is 396 g/mol. The number of benzene rings is 1. The molecule has 0 bridgehead atoms. The van der Waals surface area contributed by atoms with Gasteiger partial charge in [-0.1, -0.05) is 18.7 Å². The van der Waals surface area contributed by atoms with Crippen LogP contribution >= 0.6 is 24.0 Å². The van der Waals surface area contributed by atoms with Gasteiger partial charge in [0, 0.05) is 11.6 Å². The standard InChI is InChI=1S/C14H16N6O4S2/c1-4-26-14-17-16-8(2)19(14)18-13(25)15-12(21)9-5-6-11(24-3)10(7-9)20(22)23/h5-7H,4H2,1-3H3,(H2,15,18,21,25). The van der Waals surface area contributed by atoms with E-state index in [1.54, 1.807) is 11.6 Å². The van der Waals surface area contributed by atoms with E-state index in [-0.39, 0.29) is 22.1 Å². The molecule has 2 aromatic rings. The lowest BCUT2D eigenvalue weighted by Gasteiger charge is -2.13. The van der Waals surface area contributed by atoms with E-state index < -0.39 is 10.8 Å². The first-order valence-electron chi connectivity index (χ1n) is 7.37. The van der Waals surface area contributed by atoms with E-state index in [0.717, 1.165) is 11.8 Å². The molecule has 1 amide bonds. The second-order valence-corrected chi connectivity index (χ2v) is 6.48. The zero-order valence-electron chi connectivity index (χ0n) is 14.2. The highest BCUT2D eigenvalue weighted by atomic mass is 32.2. The zero-order valence-corrected chi connectivity index (χ0v) is 15.8. The Morgan fingerprint density at radius 1 is 1.46 bits per heavy atom. The molecule has 0 fully saturated rings. The number of amides is 1. The van der Waals surface area contributed by atoms with Gasteiger partial charge < -0.3 is 4.74 Å². The molecule has 138 valence electrons. The highest BCUT2D eigenvalue weighted by Gasteiger charge is 2.19. The Hall–Kier alpha value is -2.73. The van der Waals surface area contributed by atoms with Crippen molar-refractivity contribution in [3.05, 3.63) is 39.7 Å². The second kappa shape index (κ2) is 8.58. The molecule has 2 N–H and O–H groups in total. The highest BCUT2D eigenvalue weighted by Crippen LogP contribution is 2.27. The van der Waals surface area contributed by atoms with Gasteiger partial charge in [0.05, 0.1) is 12.0 Å². The third-order valence-electron chi connectivity index (χ3n) is 3.15. The third kappa shape index (κ3) is 4.46. The summed E-state index contributed by atoms with van der Waals surface area (Å²) < 4.78 is 6.46. The summed E-state index contributed by atoms with van der Waals surface area (Å²) in [7, 11) is 1.31. The quantitative estimate of drug-likeness (QED) is 0.326. The molecule has 0 aliphatic heterocycles. The molecule has 0 aliphatic rings. The molecule has 0 spiro atoms. The molecule has 0 saturated heterocycles. The van der Waals surface area contributed by atoms with Gasteiger partial charge in [-0.2, -0.15) is 0 Å². The van der Waals surface area contributed by atoms with Crippen LogP contribution < -0.4 is 15.5 Å². The molecule has 26 heavy (non-hydrogen) atoms. The number of methoxy groups -OCH3 is 1. The molecule has 1 heterocycles. The minimum Gasteiger partial charge on any atom is -0.490 e. The van der Waals surface area contributed by atoms with Crippen LogP contribution in [-0.2, 0) is 0 Å². The number of nitro groups is 1. The Morgan fingerprint density at radius 3 is 2.81 bits per heavy atom. The topological polar surface area (TPSA) is 124 Å². The van der Waals surface area contributed by atoms with Crippen LogP contribution in [0.5, 0.6) is 5.75 Å². The van der Waals surface area contributed by atoms with Crippen molar-refractivity contribution in [1.29, 1.82) is 0 Å². The summed E-state index contributed by atoms with van der Waals surface area (Å²) in [5, 5.41) is 22.1. The first kappa shape index (κ1) is 19.6. The Morgan fingerprint density at radius 2 is 2.19 bits per heavy atom. The predicted octanol–water partition coefficient (Wildman–Crippen LogP) is 1.87. The largest absolute Gasteiger partial charge is 0.490 e. The van der Waals surface area contributed by atoms with Gasteiger partial charge in [0.15, 0.2) is 10.9 Å². The fraction of sp³-hybridized carbons (Fsp3) is 0.286. The lowest BCUT2D eigenvalue weighted by molar-refractivity contribution is -0.385. The average Bonchev–Trinajstić information content (AvgIpc) is 2.94. The summed E-state index contributed by atoms with van der Waals surface area (Å²) in [6, 6.07) is 3.88. The van der Waals surface area contributed by atoms with E-state index in [1.165, 1.54) is 31.0 Å². The lowest BCUT2D eigenvalue weighted by Crippen LogP contribution is -2.38. The molecule has 1 aromatic heterocycles. The second-order valence-electron chi connectivity index (χ2n) is 4.84. The number of thioether (sulfide) groups is 1. The lowest BCUT2D eigenvalue weighted by atomic mass is 10.2. The molecule has 12 heteroatoms. The predicted molar refractivity (Wildman–Crippen MR) is 100 cm³/mol. The van der Waals surface area contributed by atoms with Gasteiger partial charge in [-0.05, 0) is 37.0 Å². The monoisotopic (exact) mass is 396 g/mol. The number of hydrogen-bond donors (Lipinski definition) is 2. The maximum atomic E-state index is 12.3. The Labute approximate surface area is 158 Å². The molecule has 0 unspecified atom stereocenters. The number of aromatic nitrogens is 3. The Balaban J connectivity index is 2.13. The third-order valence-corrected chi connectivity index (χ3v) is 4.15. The fourth-order valence-corrected chi connectivity index (χ4v) is 2.82. The van der Waals surface area contributed by atoms with E-state index in [9.17, 15) is 14.9 Å². The smallest absolute Gasteiger partial charge is 0.311 e. The van der Waals surface area contributed by atoms with Crippen molar-refractivity contribution in [3.8, 4) is 5.75 Å². The van der Waals surface area contributed by atoms with Crippen molar-refractivity contribution >= 4 is 40.7 Å². The van der Waals surface area contributed by atoms with Crippen LogP contribution in [0.3, 0.4) is 0 Å². The summed E-state index contributed by atoms with van der Waals surface area (Å²) in [4.78, 5) is 22.7. The van der Waals surface area contributed by atoms with Gasteiger partial charge >= 0.3 is 5.69 Å². The first-order valence-corrected chi connectivity index (χ1v) is 8.76. The van der Waals surface area contributed by atoms with E-state index in [4.69, 9.17) is 17.0 Å². The number of nitro benzene ring substituents is 1. The van der Waals surface area contributed by atoms with Gasteiger partial charge in [-0.3, -0.25) is 25.7 Å². The molecule has 0 radical (unpaired) electrons. The van der Waals surface area contributed by atoms with Crippen molar-refractivity contribution in [2.24, 2.45) is 0 Å². The van der Waals surface area contributed by atoms with E-state index >= 15 is 0 Å². The van der Waals surface area contributed by atoms with Crippen molar-refractivity contribution < 1.29 is 14.5 Å². The van der Waals surface area contributed by atoms with Gasteiger partial charge in [0.1, 0.15) is 5.82 Å². The number of nitrogens with zero attached hydrogens (tertiary/aromatic N) is 4. The number of aryl methyl sites for hydroxylation is 1. The molecule has 0 aliphatic carbocycles. The fourth-order valence-electron chi connectivity index (χ4n) is 1.97. The van der Waals surface area contributed by atoms with E-state index in [2.05, 4.69) is 20.9 Å². The van der Waals surface area contributed by atoms with Crippen molar-refractivity contribution in [1.82, 2.24) is 20.2 Å². The summed E-state index contributed by atoms with van der Waals surface area (Å²) >= 11 is 6.58. The number of nitrogens with one attached hydrogen (secondary N) is 2. The van der Waals surface area contributed by atoms with Gasteiger partial charge in [-0.15, -0.1) is 10.2 Å². The van der Waals surface area contributed by atoms with Crippen LogP contribution in [0.15, 0.2) is 23.4 Å². The number of hydrogen-bond acceptors (Lipinski definition) is 8. The minimum absolute atomic E-state index is 0.00863. The molecular formula is C14H16N6O4S2. The van der Waals surface area contributed by atoms with Crippen molar-refractivity contribution in [2.45, 2.75) is 19.0 Å². The number of rotatable bonds is 6. The summed E-state index contributed by atoms with van der Waals surface area (Å²) in [6.45, 7) is 3.70. The minimum atomic E-state index is -0.624. The maximum Gasteiger partial charge on any atom is 0.311 e. The van der Waals surface area contributed by atoms with Crippen LogP contribution in [-0.4, -0.2) is 43.7 Å². The van der Waals surface area contributed by atoms with Crippen LogP contribution in [0.1, 0.15) is 23.1 Å². The van der Waals surface area contributed by atoms with Crippen LogP contribution in [0.25, 0.3) is 0 Å². The molecular weight excluding hydrogens is 380 g/mol. The SMILES string of the molecule is CCSc1nnc(C)n1NC(=S)NC(=O)c1ccc(OC)c([N+](=O)[O-])c1. The number of carbonyl (C=O) groups excluding carboxylic acids is 1.